The molecular weight excluding hydrogens is 589 g/mol. The van der Waals surface area contributed by atoms with Gasteiger partial charge in [0, 0.05) is 49.4 Å². The van der Waals surface area contributed by atoms with Crippen molar-refractivity contribution in [2.45, 2.75) is 0 Å². The second kappa shape index (κ2) is 10.2. The fourth-order valence-electron chi connectivity index (χ4n) is 7.76. The van der Waals surface area contributed by atoms with E-state index in [0.717, 1.165) is 60.9 Å². The van der Waals surface area contributed by atoms with Crippen molar-refractivity contribution in [3.8, 4) is 17.1 Å². The third kappa shape index (κ3) is 3.81. The number of fused-ring (bicyclic) bond motifs is 9. The quantitative estimate of drug-likeness (QED) is 0.194. The van der Waals surface area contributed by atoms with Crippen molar-refractivity contribution < 1.29 is 10.0 Å². The van der Waals surface area contributed by atoms with Crippen LogP contribution in [0.25, 0.3) is 82.5 Å². The molecule has 0 aliphatic rings. The number of hydrogen-bond donors (Lipinski definition) is 2. The second-order valence-electron chi connectivity index (χ2n) is 12.4. The van der Waals surface area contributed by atoms with E-state index in [4.69, 9.17) is 0 Å². The number of hydrogen-bond acceptors (Lipinski definition) is 2. The molecule has 10 aromatic rings. The van der Waals surface area contributed by atoms with Crippen molar-refractivity contribution in [3.63, 3.8) is 0 Å². The number of benzene rings is 7. The van der Waals surface area contributed by atoms with E-state index in [1.807, 2.05) is 18.2 Å². The van der Waals surface area contributed by atoms with E-state index in [1.54, 1.807) is 6.07 Å². The standard InChI is InChI=1S/C42H28BN3O2/c47-43(48)27-18-21-40-34(24-27)36-26-30(45-37-15-7-4-12-31(37)32-13-5-8-16-38(32)45)20-23-42(36)46(40)29-19-22-41-35(25-29)33-14-6-9-17-39(33)44(41)28-10-2-1-3-11-28/h1-26,47-48H. The maximum atomic E-state index is 10.2. The molecule has 0 bridgehead atoms. The first kappa shape index (κ1) is 27.1. The van der Waals surface area contributed by atoms with Crippen LogP contribution in [0.1, 0.15) is 0 Å². The molecule has 3 heterocycles. The SMILES string of the molecule is OB(O)c1ccc2c(c1)c1cc(-n3c4ccccc4c4ccccc43)ccc1n2-c1ccc2c(c1)c1ccccc1n2-c1ccccc1. The Kier molecular flexibility index (Phi) is 5.76. The summed E-state index contributed by atoms with van der Waals surface area (Å²) in [6.07, 6.45) is 0. The van der Waals surface area contributed by atoms with Crippen molar-refractivity contribution in [1.29, 1.82) is 0 Å². The summed E-state index contributed by atoms with van der Waals surface area (Å²) in [4.78, 5) is 0. The van der Waals surface area contributed by atoms with Crippen LogP contribution in [0.2, 0.25) is 0 Å². The molecule has 0 saturated heterocycles. The molecule has 0 spiro atoms. The first-order chi connectivity index (χ1) is 23.7. The van der Waals surface area contributed by atoms with Gasteiger partial charge >= 0.3 is 7.12 Å². The summed E-state index contributed by atoms with van der Waals surface area (Å²) in [5, 5.41) is 27.1. The van der Waals surface area contributed by atoms with Crippen LogP contribution in [0.4, 0.5) is 0 Å². The van der Waals surface area contributed by atoms with E-state index in [9.17, 15) is 10.0 Å². The Hall–Kier alpha value is -6.08. The average molecular weight is 618 g/mol. The van der Waals surface area contributed by atoms with Crippen LogP contribution in [-0.4, -0.2) is 30.9 Å². The van der Waals surface area contributed by atoms with Gasteiger partial charge in [-0.1, -0.05) is 84.9 Å². The normalized spacial score (nSPS) is 12.0. The van der Waals surface area contributed by atoms with E-state index in [0.29, 0.717) is 5.46 Å². The van der Waals surface area contributed by atoms with Gasteiger partial charge in [-0.25, -0.2) is 0 Å². The fraction of sp³-hybridized carbons (Fsp3) is 0. The lowest BCUT2D eigenvalue weighted by Gasteiger charge is -2.11. The highest BCUT2D eigenvalue weighted by Gasteiger charge is 2.20. The van der Waals surface area contributed by atoms with Crippen LogP contribution in [0.5, 0.6) is 0 Å². The number of aromatic nitrogens is 3. The molecule has 0 saturated carbocycles. The van der Waals surface area contributed by atoms with E-state index in [1.165, 1.54) is 21.5 Å². The van der Waals surface area contributed by atoms with Gasteiger partial charge in [0.05, 0.1) is 33.1 Å². The molecule has 6 heteroatoms. The van der Waals surface area contributed by atoms with Crippen molar-refractivity contribution in [2.24, 2.45) is 0 Å². The molecular formula is C42H28BN3O2. The molecule has 0 fully saturated rings. The third-order valence-corrected chi connectivity index (χ3v) is 9.84. The van der Waals surface area contributed by atoms with Crippen molar-refractivity contribution in [3.05, 3.63) is 158 Å². The number of rotatable bonds is 4. The Labute approximate surface area is 275 Å². The average Bonchev–Trinajstić information content (AvgIpc) is 3.77. The molecule has 2 N–H and O–H groups in total. The molecule has 0 aliphatic heterocycles. The summed E-state index contributed by atoms with van der Waals surface area (Å²) in [6.45, 7) is 0. The molecule has 5 nitrogen and oxygen atoms in total. The van der Waals surface area contributed by atoms with Gasteiger partial charge in [-0.15, -0.1) is 0 Å². The largest absolute Gasteiger partial charge is 0.488 e. The second-order valence-corrected chi connectivity index (χ2v) is 12.4. The molecule has 0 unspecified atom stereocenters. The minimum atomic E-state index is -1.56. The van der Waals surface area contributed by atoms with Crippen LogP contribution in [0, 0.1) is 0 Å². The Morgan fingerprint density at radius 1 is 0.312 bits per heavy atom. The summed E-state index contributed by atoms with van der Waals surface area (Å²) in [5.41, 5.74) is 10.3. The predicted molar refractivity (Wildman–Crippen MR) is 199 cm³/mol. The smallest absolute Gasteiger partial charge is 0.423 e. The predicted octanol–water partition coefficient (Wildman–Crippen LogP) is 8.66. The zero-order valence-electron chi connectivity index (χ0n) is 25.8. The maximum Gasteiger partial charge on any atom is 0.488 e. The van der Waals surface area contributed by atoms with Gasteiger partial charge in [0.2, 0.25) is 0 Å². The lowest BCUT2D eigenvalue weighted by Crippen LogP contribution is -2.29. The lowest BCUT2D eigenvalue weighted by molar-refractivity contribution is 0.426. The van der Waals surface area contributed by atoms with Gasteiger partial charge in [0.25, 0.3) is 0 Å². The molecule has 0 amide bonds. The molecule has 0 radical (unpaired) electrons. The Balaban J connectivity index is 1.26. The molecule has 48 heavy (non-hydrogen) atoms. The number of nitrogens with zero attached hydrogens (tertiary/aromatic N) is 3. The fourth-order valence-corrected chi connectivity index (χ4v) is 7.76. The van der Waals surface area contributed by atoms with E-state index in [2.05, 4.69) is 147 Å². The van der Waals surface area contributed by atoms with Crippen molar-refractivity contribution in [2.75, 3.05) is 0 Å². The first-order valence-electron chi connectivity index (χ1n) is 16.2. The van der Waals surface area contributed by atoms with Gasteiger partial charge in [-0.2, -0.15) is 0 Å². The molecule has 10 rings (SSSR count). The summed E-state index contributed by atoms with van der Waals surface area (Å²) < 4.78 is 6.94. The summed E-state index contributed by atoms with van der Waals surface area (Å²) >= 11 is 0. The van der Waals surface area contributed by atoms with Crippen LogP contribution in [0.3, 0.4) is 0 Å². The molecule has 3 aromatic heterocycles. The van der Waals surface area contributed by atoms with Gasteiger partial charge in [-0.3, -0.25) is 0 Å². The number of para-hydroxylation sites is 4. The van der Waals surface area contributed by atoms with Gasteiger partial charge in [-0.05, 0) is 78.3 Å². The molecule has 7 aromatic carbocycles. The van der Waals surface area contributed by atoms with Crippen LogP contribution in [0.15, 0.2) is 158 Å². The van der Waals surface area contributed by atoms with E-state index in [-0.39, 0.29) is 0 Å². The topological polar surface area (TPSA) is 55.2 Å². The minimum absolute atomic E-state index is 0.463. The molecule has 226 valence electrons. The van der Waals surface area contributed by atoms with Gasteiger partial charge < -0.3 is 23.7 Å². The highest BCUT2D eigenvalue weighted by Crippen LogP contribution is 2.39. The summed E-state index contributed by atoms with van der Waals surface area (Å²) in [7, 11) is -1.56. The molecule has 0 atom stereocenters. The zero-order valence-corrected chi connectivity index (χ0v) is 25.8. The monoisotopic (exact) mass is 617 g/mol. The first-order valence-corrected chi connectivity index (χ1v) is 16.2. The zero-order chi connectivity index (χ0) is 31.9. The van der Waals surface area contributed by atoms with Gasteiger partial charge in [0.15, 0.2) is 0 Å². The summed E-state index contributed by atoms with van der Waals surface area (Å²) in [5.74, 6) is 0. The Morgan fingerprint density at radius 3 is 1.21 bits per heavy atom. The highest BCUT2D eigenvalue weighted by atomic mass is 16.4. The minimum Gasteiger partial charge on any atom is -0.423 e. The molecule has 0 aliphatic carbocycles. The highest BCUT2D eigenvalue weighted by molar-refractivity contribution is 6.59. The lowest BCUT2D eigenvalue weighted by atomic mass is 9.80. The van der Waals surface area contributed by atoms with Crippen LogP contribution >= 0.6 is 0 Å². The summed E-state index contributed by atoms with van der Waals surface area (Å²) in [6, 6.07) is 55.1. The maximum absolute atomic E-state index is 10.2. The van der Waals surface area contributed by atoms with E-state index < -0.39 is 7.12 Å². The third-order valence-electron chi connectivity index (χ3n) is 9.84. The van der Waals surface area contributed by atoms with Crippen LogP contribution in [-0.2, 0) is 0 Å². The Bertz CT molecular complexity index is 2830. The van der Waals surface area contributed by atoms with E-state index >= 15 is 0 Å². The van der Waals surface area contributed by atoms with Crippen LogP contribution < -0.4 is 5.46 Å². The van der Waals surface area contributed by atoms with Crippen molar-refractivity contribution in [1.82, 2.24) is 13.7 Å². The van der Waals surface area contributed by atoms with Gasteiger partial charge in [0.1, 0.15) is 0 Å². The Morgan fingerprint density at radius 2 is 0.688 bits per heavy atom. The van der Waals surface area contributed by atoms with Crippen molar-refractivity contribution >= 4 is 78.0 Å².